The van der Waals surface area contributed by atoms with E-state index in [0.29, 0.717) is 11.6 Å². The smallest absolute Gasteiger partial charge is 0.251 e. The van der Waals surface area contributed by atoms with E-state index in [1.807, 2.05) is 85.1 Å². The first kappa shape index (κ1) is 22.3. The van der Waals surface area contributed by atoms with Crippen LogP contribution in [0.1, 0.15) is 42.5 Å². The number of nitrogens with zero attached hydrogens (tertiary/aromatic N) is 1. The predicted octanol–water partition coefficient (Wildman–Crippen LogP) is 5.67. The summed E-state index contributed by atoms with van der Waals surface area (Å²) >= 11 is 0. The van der Waals surface area contributed by atoms with Gasteiger partial charge in [0, 0.05) is 29.8 Å². The second-order valence-corrected chi connectivity index (χ2v) is 8.62. The highest BCUT2D eigenvalue weighted by atomic mass is 16.2. The highest BCUT2D eigenvalue weighted by Gasteiger charge is 2.29. The molecule has 2 amide bonds. The molecule has 33 heavy (non-hydrogen) atoms. The minimum atomic E-state index is -0.742. The molecule has 0 saturated heterocycles. The molecule has 0 radical (unpaired) electrons. The number of amides is 2. The Balaban J connectivity index is 1.57. The molecule has 5 nitrogen and oxygen atoms in total. The standard InChI is InChI=1S/C28H29N3O2/c1-19(2)20-13-15-23(16-14-20)30-28(33)27(21-9-5-4-6-10-21)31(3)26(32)17-22-18-29-25-12-8-7-11-24(22)25/h4-16,18-19,27,29H,17H2,1-3H3,(H,30,33)/t27-/m1/s1. The molecule has 0 aliphatic carbocycles. The van der Waals surface area contributed by atoms with E-state index in [1.54, 1.807) is 7.05 Å². The van der Waals surface area contributed by atoms with Gasteiger partial charge in [-0.1, -0.05) is 74.5 Å². The normalized spacial score (nSPS) is 12.0. The van der Waals surface area contributed by atoms with E-state index in [9.17, 15) is 9.59 Å². The Kier molecular flexibility index (Phi) is 6.59. The molecule has 0 aliphatic rings. The Labute approximate surface area is 194 Å². The third kappa shape index (κ3) is 4.98. The van der Waals surface area contributed by atoms with Crippen molar-refractivity contribution in [3.63, 3.8) is 0 Å². The van der Waals surface area contributed by atoms with E-state index < -0.39 is 6.04 Å². The lowest BCUT2D eigenvalue weighted by Crippen LogP contribution is -2.39. The summed E-state index contributed by atoms with van der Waals surface area (Å²) in [6, 6.07) is 24.4. The topological polar surface area (TPSA) is 65.2 Å². The monoisotopic (exact) mass is 439 g/mol. The van der Waals surface area contributed by atoms with E-state index in [0.717, 1.165) is 22.0 Å². The van der Waals surface area contributed by atoms with Crippen LogP contribution in [-0.2, 0) is 16.0 Å². The molecular weight excluding hydrogens is 410 g/mol. The number of aromatic amines is 1. The van der Waals surface area contributed by atoms with Gasteiger partial charge >= 0.3 is 0 Å². The number of carbonyl (C=O) groups excluding carboxylic acids is 2. The van der Waals surface area contributed by atoms with Crippen LogP contribution < -0.4 is 5.32 Å². The number of anilines is 1. The summed E-state index contributed by atoms with van der Waals surface area (Å²) in [6.07, 6.45) is 2.07. The maximum absolute atomic E-state index is 13.4. The molecule has 4 aromatic rings. The van der Waals surface area contributed by atoms with Crippen LogP contribution in [0.2, 0.25) is 0 Å². The van der Waals surface area contributed by atoms with Gasteiger partial charge in [0.2, 0.25) is 5.91 Å². The molecule has 5 heteroatoms. The fraction of sp³-hybridized carbons (Fsp3) is 0.214. The summed E-state index contributed by atoms with van der Waals surface area (Å²) in [5.41, 5.74) is 4.59. The maximum Gasteiger partial charge on any atom is 0.251 e. The van der Waals surface area contributed by atoms with Crippen molar-refractivity contribution in [2.24, 2.45) is 0 Å². The number of H-pyrrole nitrogens is 1. The van der Waals surface area contributed by atoms with Crippen LogP contribution in [-0.4, -0.2) is 28.7 Å². The zero-order valence-electron chi connectivity index (χ0n) is 19.2. The van der Waals surface area contributed by atoms with E-state index in [-0.39, 0.29) is 18.2 Å². The molecule has 4 rings (SSSR count). The molecule has 0 fully saturated rings. The van der Waals surface area contributed by atoms with Crippen molar-refractivity contribution in [1.29, 1.82) is 0 Å². The Morgan fingerprint density at radius 3 is 2.24 bits per heavy atom. The van der Waals surface area contributed by atoms with Crippen LogP contribution in [0.3, 0.4) is 0 Å². The lowest BCUT2D eigenvalue weighted by Gasteiger charge is -2.28. The van der Waals surface area contributed by atoms with Crippen molar-refractivity contribution in [1.82, 2.24) is 9.88 Å². The van der Waals surface area contributed by atoms with Crippen LogP contribution in [0.15, 0.2) is 85.1 Å². The van der Waals surface area contributed by atoms with Crippen LogP contribution >= 0.6 is 0 Å². The van der Waals surface area contributed by atoms with Crippen LogP contribution in [0.25, 0.3) is 10.9 Å². The van der Waals surface area contributed by atoms with Gasteiger partial charge in [-0.15, -0.1) is 0 Å². The highest BCUT2D eigenvalue weighted by Crippen LogP contribution is 2.25. The molecule has 2 N–H and O–H groups in total. The Bertz CT molecular complexity index is 1240. The summed E-state index contributed by atoms with van der Waals surface area (Å²) in [4.78, 5) is 31.4. The van der Waals surface area contributed by atoms with Crippen LogP contribution in [0.5, 0.6) is 0 Å². The number of nitrogens with one attached hydrogen (secondary N) is 2. The van der Waals surface area contributed by atoms with Gasteiger partial charge in [-0.2, -0.15) is 0 Å². The summed E-state index contributed by atoms with van der Waals surface area (Å²) in [5, 5.41) is 4.01. The molecular formula is C28H29N3O2. The number of hydrogen-bond acceptors (Lipinski definition) is 2. The van der Waals surface area contributed by atoms with Gasteiger partial charge in [0.1, 0.15) is 6.04 Å². The molecule has 1 aromatic heterocycles. The van der Waals surface area contributed by atoms with E-state index >= 15 is 0 Å². The van der Waals surface area contributed by atoms with Crippen molar-refractivity contribution < 1.29 is 9.59 Å². The SMILES string of the molecule is CC(C)c1ccc(NC(=O)[C@@H](c2ccccc2)N(C)C(=O)Cc2c[nH]c3ccccc23)cc1. The second kappa shape index (κ2) is 9.74. The van der Waals surface area contributed by atoms with Gasteiger partial charge in [-0.3, -0.25) is 9.59 Å². The van der Waals surface area contributed by atoms with Crippen molar-refractivity contribution in [2.75, 3.05) is 12.4 Å². The first-order valence-corrected chi connectivity index (χ1v) is 11.2. The van der Waals surface area contributed by atoms with Gasteiger partial charge in [0.05, 0.1) is 6.42 Å². The third-order valence-electron chi connectivity index (χ3n) is 6.01. The predicted molar refractivity (Wildman–Crippen MR) is 133 cm³/mol. The molecule has 0 unspecified atom stereocenters. The van der Waals surface area contributed by atoms with Crippen molar-refractivity contribution in [2.45, 2.75) is 32.2 Å². The molecule has 0 aliphatic heterocycles. The number of rotatable bonds is 7. The van der Waals surface area contributed by atoms with Gasteiger partial charge in [0.15, 0.2) is 0 Å². The number of likely N-dealkylation sites (N-methyl/N-ethyl adjacent to an activating group) is 1. The van der Waals surface area contributed by atoms with Gasteiger partial charge in [-0.25, -0.2) is 0 Å². The third-order valence-corrected chi connectivity index (χ3v) is 6.01. The molecule has 1 atom stereocenters. The zero-order valence-corrected chi connectivity index (χ0v) is 19.2. The van der Waals surface area contributed by atoms with Gasteiger partial charge in [-0.05, 0) is 40.8 Å². The molecule has 1 heterocycles. The summed E-state index contributed by atoms with van der Waals surface area (Å²) in [7, 11) is 1.69. The molecule has 0 spiro atoms. The Morgan fingerprint density at radius 2 is 1.55 bits per heavy atom. The minimum absolute atomic E-state index is 0.126. The number of aromatic nitrogens is 1. The fourth-order valence-electron chi connectivity index (χ4n) is 4.06. The minimum Gasteiger partial charge on any atom is -0.361 e. The van der Waals surface area contributed by atoms with Crippen molar-refractivity contribution in [3.8, 4) is 0 Å². The lowest BCUT2D eigenvalue weighted by atomic mass is 10.0. The molecule has 3 aromatic carbocycles. The largest absolute Gasteiger partial charge is 0.361 e. The fourth-order valence-corrected chi connectivity index (χ4v) is 4.06. The summed E-state index contributed by atoms with van der Waals surface area (Å²) in [5.74, 6) is 0.0484. The van der Waals surface area contributed by atoms with Gasteiger partial charge in [0.25, 0.3) is 5.91 Å². The Morgan fingerprint density at radius 1 is 0.879 bits per heavy atom. The Hall–Kier alpha value is -3.86. The quantitative estimate of drug-likeness (QED) is 0.389. The zero-order chi connectivity index (χ0) is 23.4. The first-order valence-electron chi connectivity index (χ1n) is 11.2. The van der Waals surface area contributed by atoms with E-state index in [4.69, 9.17) is 0 Å². The first-order chi connectivity index (χ1) is 15.9. The summed E-state index contributed by atoms with van der Waals surface area (Å²) < 4.78 is 0. The van der Waals surface area contributed by atoms with Crippen molar-refractivity contribution >= 4 is 28.4 Å². The van der Waals surface area contributed by atoms with Crippen molar-refractivity contribution in [3.05, 3.63) is 102 Å². The molecule has 168 valence electrons. The second-order valence-electron chi connectivity index (χ2n) is 8.62. The number of hydrogen-bond donors (Lipinski definition) is 2. The number of benzene rings is 3. The van der Waals surface area contributed by atoms with E-state index in [1.165, 1.54) is 10.5 Å². The average molecular weight is 440 g/mol. The molecule has 0 saturated carbocycles. The van der Waals surface area contributed by atoms with Crippen LogP contribution in [0, 0.1) is 0 Å². The van der Waals surface area contributed by atoms with Gasteiger partial charge < -0.3 is 15.2 Å². The lowest BCUT2D eigenvalue weighted by molar-refractivity contribution is -0.136. The highest BCUT2D eigenvalue weighted by molar-refractivity contribution is 5.98. The average Bonchev–Trinajstić information content (AvgIpc) is 3.23. The number of carbonyl (C=O) groups is 2. The van der Waals surface area contributed by atoms with E-state index in [2.05, 4.69) is 24.1 Å². The number of fused-ring (bicyclic) bond motifs is 1. The molecule has 0 bridgehead atoms. The van der Waals surface area contributed by atoms with Crippen LogP contribution in [0.4, 0.5) is 5.69 Å². The maximum atomic E-state index is 13.4. The number of para-hydroxylation sites is 1. The summed E-state index contributed by atoms with van der Waals surface area (Å²) in [6.45, 7) is 4.26.